The van der Waals surface area contributed by atoms with Crippen molar-refractivity contribution in [2.24, 2.45) is 13.0 Å². The molecule has 1 amide bonds. The van der Waals surface area contributed by atoms with E-state index in [2.05, 4.69) is 30.7 Å². The maximum absolute atomic E-state index is 13.3. The SMILES string of the molecule is Cn1ccc(-c2ccc(Nc3cc(NC(=O)C4CC4)nc4nc(C(F)F)[nH]c34)c(S(C)(=O)=O)c2)n1. The fourth-order valence-corrected chi connectivity index (χ4v) is 4.51. The Kier molecular flexibility index (Phi) is 5.50. The Balaban J connectivity index is 1.59. The van der Waals surface area contributed by atoms with Crippen LogP contribution in [0.5, 0.6) is 0 Å². The van der Waals surface area contributed by atoms with Gasteiger partial charge in [-0.05, 0) is 31.0 Å². The molecule has 5 rings (SSSR count). The van der Waals surface area contributed by atoms with E-state index in [1.807, 2.05) is 0 Å². The number of aromatic amines is 1. The predicted octanol–water partition coefficient (Wildman–Crippen LogP) is 3.79. The number of nitrogens with one attached hydrogen (secondary N) is 3. The molecule has 1 aliphatic carbocycles. The van der Waals surface area contributed by atoms with Crippen LogP contribution in [0.3, 0.4) is 0 Å². The highest BCUT2D eigenvalue weighted by molar-refractivity contribution is 7.90. The van der Waals surface area contributed by atoms with Crippen molar-refractivity contribution in [1.82, 2.24) is 24.7 Å². The van der Waals surface area contributed by atoms with E-state index >= 15 is 0 Å². The van der Waals surface area contributed by atoms with E-state index in [-0.39, 0.29) is 45.1 Å². The summed E-state index contributed by atoms with van der Waals surface area (Å²) in [6.45, 7) is 0. The van der Waals surface area contributed by atoms with E-state index in [9.17, 15) is 22.0 Å². The Labute approximate surface area is 198 Å². The number of aryl methyl sites for hydroxylation is 1. The van der Waals surface area contributed by atoms with E-state index in [0.717, 1.165) is 19.1 Å². The summed E-state index contributed by atoms with van der Waals surface area (Å²) in [5.74, 6) is -0.787. The van der Waals surface area contributed by atoms with Crippen LogP contribution in [0.15, 0.2) is 41.4 Å². The Morgan fingerprint density at radius 2 is 1.94 bits per heavy atom. The molecule has 0 unspecified atom stereocenters. The van der Waals surface area contributed by atoms with Crippen molar-refractivity contribution in [3.05, 3.63) is 42.4 Å². The van der Waals surface area contributed by atoms with E-state index in [0.29, 0.717) is 11.3 Å². The third-order valence-corrected chi connectivity index (χ3v) is 6.68. The second kappa shape index (κ2) is 8.41. The van der Waals surface area contributed by atoms with Gasteiger partial charge in [0.15, 0.2) is 21.3 Å². The second-order valence-corrected chi connectivity index (χ2v) is 10.4. The summed E-state index contributed by atoms with van der Waals surface area (Å²) in [5, 5.41) is 9.99. The predicted molar refractivity (Wildman–Crippen MR) is 125 cm³/mol. The molecule has 0 radical (unpaired) electrons. The molecule has 1 saturated carbocycles. The maximum atomic E-state index is 13.3. The van der Waals surface area contributed by atoms with Crippen LogP contribution in [0.2, 0.25) is 0 Å². The molecule has 3 aromatic heterocycles. The first-order valence-electron chi connectivity index (χ1n) is 10.7. The van der Waals surface area contributed by atoms with Crippen molar-refractivity contribution in [1.29, 1.82) is 0 Å². The summed E-state index contributed by atoms with van der Waals surface area (Å²) in [6.07, 6.45) is 1.50. The molecule has 0 bridgehead atoms. The number of aromatic nitrogens is 5. The molecule has 13 heteroatoms. The largest absolute Gasteiger partial charge is 0.353 e. The number of halogens is 2. The average Bonchev–Trinajstić information content (AvgIpc) is 3.41. The number of anilines is 3. The average molecular weight is 502 g/mol. The smallest absolute Gasteiger partial charge is 0.295 e. The van der Waals surface area contributed by atoms with Crippen LogP contribution in [-0.2, 0) is 21.7 Å². The van der Waals surface area contributed by atoms with Crippen molar-refractivity contribution in [3.8, 4) is 11.3 Å². The molecule has 1 aromatic carbocycles. The normalized spacial score (nSPS) is 14.0. The van der Waals surface area contributed by atoms with E-state index in [1.54, 1.807) is 36.1 Å². The molecular weight excluding hydrogens is 480 g/mol. The minimum atomic E-state index is -3.70. The van der Waals surface area contributed by atoms with Gasteiger partial charge in [-0.3, -0.25) is 9.48 Å². The third-order valence-electron chi connectivity index (χ3n) is 5.55. The fraction of sp³-hybridized carbons (Fsp3) is 0.273. The lowest BCUT2D eigenvalue weighted by molar-refractivity contribution is -0.117. The summed E-state index contributed by atoms with van der Waals surface area (Å²) < 4.78 is 53.5. The summed E-state index contributed by atoms with van der Waals surface area (Å²) in [7, 11) is -1.95. The molecule has 3 heterocycles. The number of amides is 1. The molecule has 0 atom stereocenters. The minimum Gasteiger partial charge on any atom is -0.353 e. The Bertz CT molecular complexity index is 1560. The number of H-pyrrole nitrogens is 1. The van der Waals surface area contributed by atoms with Gasteiger partial charge in [-0.15, -0.1) is 0 Å². The van der Waals surface area contributed by atoms with Crippen molar-refractivity contribution in [3.63, 3.8) is 0 Å². The quantitative estimate of drug-likeness (QED) is 0.351. The van der Waals surface area contributed by atoms with Crippen LogP contribution in [0.25, 0.3) is 22.4 Å². The summed E-state index contributed by atoms with van der Waals surface area (Å²) >= 11 is 0. The van der Waals surface area contributed by atoms with Gasteiger partial charge >= 0.3 is 0 Å². The lowest BCUT2D eigenvalue weighted by atomic mass is 10.1. The molecule has 3 N–H and O–H groups in total. The molecule has 0 aliphatic heterocycles. The molecular formula is C22H21F2N7O3S. The van der Waals surface area contributed by atoms with Crippen molar-refractivity contribution < 1.29 is 22.0 Å². The van der Waals surface area contributed by atoms with Crippen LogP contribution < -0.4 is 10.6 Å². The molecule has 35 heavy (non-hydrogen) atoms. The first-order chi connectivity index (χ1) is 16.6. The van der Waals surface area contributed by atoms with Crippen LogP contribution in [0.4, 0.5) is 26.0 Å². The van der Waals surface area contributed by atoms with Gasteiger partial charge in [-0.2, -0.15) is 5.10 Å². The van der Waals surface area contributed by atoms with E-state index < -0.39 is 22.1 Å². The van der Waals surface area contributed by atoms with Crippen LogP contribution in [0.1, 0.15) is 25.1 Å². The maximum Gasteiger partial charge on any atom is 0.295 e. The second-order valence-electron chi connectivity index (χ2n) is 8.42. The fourth-order valence-electron chi connectivity index (χ4n) is 3.65. The van der Waals surface area contributed by atoms with Crippen LogP contribution >= 0.6 is 0 Å². The molecule has 1 aliphatic rings. The highest BCUT2D eigenvalue weighted by atomic mass is 32.2. The number of fused-ring (bicyclic) bond motifs is 1. The molecule has 0 saturated heterocycles. The van der Waals surface area contributed by atoms with Gasteiger partial charge in [-0.1, -0.05) is 6.07 Å². The Morgan fingerprint density at radius 3 is 2.57 bits per heavy atom. The zero-order valence-electron chi connectivity index (χ0n) is 18.7. The molecule has 0 spiro atoms. The number of alkyl halides is 2. The van der Waals surface area contributed by atoms with Crippen molar-refractivity contribution in [2.75, 3.05) is 16.9 Å². The zero-order chi connectivity index (χ0) is 24.9. The highest BCUT2D eigenvalue weighted by Gasteiger charge is 2.30. The number of carbonyl (C=O) groups is 1. The highest BCUT2D eigenvalue weighted by Crippen LogP contribution is 2.35. The monoisotopic (exact) mass is 501 g/mol. The Hall–Kier alpha value is -3.87. The van der Waals surface area contributed by atoms with Gasteiger partial charge in [-0.25, -0.2) is 27.2 Å². The van der Waals surface area contributed by atoms with Crippen molar-refractivity contribution >= 4 is 44.1 Å². The minimum absolute atomic E-state index is 0.0113. The number of hydrogen-bond acceptors (Lipinski definition) is 7. The standard InChI is InChI=1S/C22H21F2N7O3S/c1-31-8-7-13(30-31)12-5-6-14(16(9-12)35(2,33)34)25-15-10-17(27-22(32)11-3-4-11)26-20-18(15)28-21(29-20)19(23)24/h5-11,19H,3-4H2,1-2H3,(H3,25,26,27,28,29,32). The van der Waals surface area contributed by atoms with Gasteiger partial charge in [0.25, 0.3) is 6.43 Å². The summed E-state index contributed by atoms with van der Waals surface area (Å²) in [5.41, 5.74) is 1.74. The number of sulfone groups is 1. The first kappa shape index (κ1) is 22.9. The van der Waals surface area contributed by atoms with Gasteiger partial charge in [0.1, 0.15) is 11.3 Å². The number of hydrogen-bond donors (Lipinski definition) is 3. The number of carbonyl (C=O) groups excluding carboxylic acids is 1. The molecule has 182 valence electrons. The van der Waals surface area contributed by atoms with Gasteiger partial charge in [0, 0.05) is 37.0 Å². The number of imidazole rings is 1. The van der Waals surface area contributed by atoms with Crippen molar-refractivity contribution in [2.45, 2.75) is 24.2 Å². The van der Waals surface area contributed by atoms with E-state index in [4.69, 9.17) is 0 Å². The van der Waals surface area contributed by atoms with Crippen LogP contribution in [-0.4, -0.2) is 45.3 Å². The molecule has 4 aromatic rings. The molecule has 10 nitrogen and oxygen atoms in total. The zero-order valence-corrected chi connectivity index (χ0v) is 19.5. The van der Waals surface area contributed by atoms with E-state index in [1.165, 1.54) is 12.1 Å². The lowest BCUT2D eigenvalue weighted by Gasteiger charge is -2.14. The van der Waals surface area contributed by atoms with Gasteiger partial charge < -0.3 is 15.6 Å². The number of rotatable bonds is 7. The number of nitrogens with zero attached hydrogens (tertiary/aromatic N) is 4. The molecule has 1 fully saturated rings. The van der Waals surface area contributed by atoms with Crippen LogP contribution in [0, 0.1) is 5.92 Å². The van der Waals surface area contributed by atoms with Gasteiger partial charge in [0.05, 0.1) is 22.0 Å². The van der Waals surface area contributed by atoms with Gasteiger partial charge in [0.2, 0.25) is 5.91 Å². The number of benzene rings is 1. The lowest BCUT2D eigenvalue weighted by Crippen LogP contribution is -2.14. The number of pyridine rings is 1. The summed E-state index contributed by atoms with van der Waals surface area (Å²) in [6, 6.07) is 7.97. The first-order valence-corrected chi connectivity index (χ1v) is 12.6. The Morgan fingerprint density at radius 1 is 1.17 bits per heavy atom. The third kappa shape index (κ3) is 4.71. The summed E-state index contributed by atoms with van der Waals surface area (Å²) in [4.78, 5) is 22.8. The topological polar surface area (TPSA) is 135 Å².